The van der Waals surface area contributed by atoms with Crippen molar-refractivity contribution >= 4 is 11.8 Å². The second kappa shape index (κ2) is 7.17. The molecule has 1 atom stereocenters. The van der Waals surface area contributed by atoms with Gasteiger partial charge in [0.25, 0.3) is 0 Å². The highest BCUT2D eigenvalue weighted by Crippen LogP contribution is 2.35. The molecule has 1 aliphatic heterocycles. The lowest BCUT2D eigenvalue weighted by atomic mass is 10.0. The summed E-state index contributed by atoms with van der Waals surface area (Å²) in [5.74, 6) is 1.22. The van der Waals surface area contributed by atoms with Crippen LogP contribution in [0.4, 0.5) is 0 Å². The van der Waals surface area contributed by atoms with Gasteiger partial charge in [-0.3, -0.25) is 0 Å². The Hall–Kier alpha value is -0.510. The smallest absolute Gasteiger partial charge is 0.0518 e. The zero-order valence-electron chi connectivity index (χ0n) is 11.3. The van der Waals surface area contributed by atoms with Gasteiger partial charge in [0.05, 0.1) is 6.10 Å². The first kappa shape index (κ1) is 13.9. The molecule has 1 aromatic rings. The van der Waals surface area contributed by atoms with Crippen LogP contribution in [0.5, 0.6) is 0 Å². The van der Waals surface area contributed by atoms with Crippen LogP contribution >= 0.6 is 11.8 Å². The molecule has 1 unspecified atom stereocenters. The first-order valence-electron chi connectivity index (χ1n) is 6.84. The van der Waals surface area contributed by atoms with E-state index < -0.39 is 0 Å². The fraction of sp³-hybridized carbons (Fsp3) is 0.600. The molecule has 0 amide bonds. The molecule has 0 aliphatic carbocycles. The second-order valence-corrected chi connectivity index (χ2v) is 6.09. The minimum Gasteiger partial charge on any atom is -0.379 e. The van der Waals surface area contributed by atoms with E-state index in [1.165, 1.54) is 22.6 Å². The molecule has 1 aliphatic rings. The SMILES string of the molecule is CC(C)OCCCNC1CCSc2ccccc21. The van der Waals surface area contributed by atoms with Crippen molar-refractivity contribution in [2.75, 3.05) is 18.9 Å². The summed E-state index contributed by atoms with van der Waals surface area (Å²) in [6.07, 6.45) is 2.66. The highest BCUT2D eigenvalue weighted by atomic mass is 32.2. The number of rotatable bonds is 6. The summed E-state index contributed by atoms with van der Waals surface area (Å²) in [5.41, 5.74) is 1.47. The third kappa shape index (κ3) is 4.01. The van der Waals surface area contributed by atoms with E-state index in [0.717, 1.165) is 19.6 Å². The summed E-state index contributed by atoms with van der Waals surface area (Å²) in [7, 11) is 0. The molecule has 0 radical (unpaired) electrons. The number of benzene rings is 1. The Morgan fingerprint density at radius 1 is 1.39 bits per heavy atom. The number of hydrogen-bond acceptors (Lipinski definition) is 3. The average Bonchev–Trinajstić information content (AvgIpc) is 2.38. The number of hydrogen-bond donors (Lipinski definition) is 1. The van der Waals surface area contributed by atoms with Crippen molar-refractivity contribution in [2.45, 2.75) is 43.7 Å². The molecule has 100 valence electrons. The maximum atomic E-state index is 5.56. The number of fused-ring (bicyclic) bond motifs is 1. The van der Waals surface area contributed by atoms with Gasteiger partial charge in [-0.25, -0.2) is 0 Å². The van der Waals surface area contributed by atoms with Crippen molar-refractivity contribution in [2.24, 2.45) is 0 Å². The Bertz CT molecular complexity index is 367. The summed E-state index contributed by atoms with van der Waals surface area (Å²) in [6.45, 7) is 6.06. The van der Waals surface area contributed by atoms with Crippen LogP contribution in [0.25, 0.3) is 0 Å². The fourth-order valence-electron chi connectivity index (χ4n) is 2.22. The fourth-order valence-corrected chi connectivity index (χ4v) is 3.35. The molecule has 0 fully saturated rings. The van der Waals surface area contributed by atoms with Gasteiger partial charge < -0.3 is 10.1 Å². The molecule has 1 aromatic carbocycles. The summed E-state index contributed by atoms with van der Waals surface area (Å²) in [6, 6.07) is 9.28. The molecule has 2 rings (SSSR count). The first-order valence-corrected chi connectivity index (χ1v) is 7.82. The minimum absolute atomic E-state index is 0.344. The van der Waals surface area contributed by atoms with Crippen molar-refractivity contribution in [3.63, 3.8) is 0 Å². The quantitative estimate of drug-likeness (QED) is 0.794. The lowest BCUT2D eigenvalue weighted by molar-refractivity contribution is 0.0766. The highest BCUT2D eigenvalue weighted by Gasteiger charge is 2.19. The second-order valence-electron chi connectivity index (χ2n) is 4.95. The molecule has 0 bridgehead atoms. The zero-order chi connectivity index (χ0) is 12.8. The Morgan fingerprint density at radius 3 is 3.06 bits per heavy atom. The molecule has 1 heterocycles. The van der Waals surface area contributed by atoms with Gasteiger partial charge in [-0.15, -0.1) is 11.8 Å². The van der Waals surface area contributed by atoms with E-state index in [1.54, 1.807) is 0 Å². The molecule has 1 N–H and O–H groups in total. The van der Waals surface area contributed by atoms with Crippen molar-refractivity contribution in [1.29, 1.82) is 0 Å². The number of thioether (sulfide) groups is 1. The molecule has 0 aromatic heterocycles. The van der Waals surface area contributed by atoms with E-state index in [0.29, 0.717) is 12.1 Å². The van der Waals surface area contributed by atoms with Crippen LogP contribution in [0.2, 0.25) is 0 Å². The predicted molar refractivity (Wildman–Crippen MR) is 78.2 cm³/mol. The van der Waals surface area contributed by atoms with E-state index in [9.17, 15) is 0 Å². The Kier molecular flexibility index (Phi) is 5.54. The van der Waals surface area contributed by atoms with Gasteiger partial charge >= 0.3 is 0 Å². The molecule has 0 saturated carbocycles. The van der Waals surface area contributed by atoms with Crippen molar-refractivity contribution < 1.29 is 4.74 Å². The Labute approximate surface area is 114 Å². The van der Waals surface area contributed by atoms with Crippen molar-refractivity contribution in [3.05, 3.63) is 29.8 Å². The largest absolute Gasteiger partial charge is 0.379 e. The van der Waals surface area contributed by atoms with E-state index in [-0.39, 0.29) is 0 Å². The van der Waals surface area contributed by atoms with Gasteiger partial charge in [-0.2, -0.15) is 0 Å². The van der Waals surface area contributed by atoms with Crippen molar-refractivity contribution in [3.8, 4) is 0 Å². The van der Waals surface area contributed by atoms with Gasteiger partial charge in [-0.1, -0.05) is 18.2 Å². The van der Waals surface area contributed by atoms with Crippen LogP contribution in [0, 0.1) is 0 Å². The van der Waals surface area contributed by atoms with Crippen LogP contribution in [0.1, 0.15) is 38.3 Å². The monoisotopic (exact) mass is 265 g/mol. The average molecular weight is 265 g/mol. The van der Waals surface area contributed by atoms with Gasteiger partial charge in [0.1, 0.15) is 0 Å². The predicted octanol–water partition coefficient (Wildman–Crippen LogP) is 3.63. The Balaban J connectivity index is 1.77. The van der Waals surface area contributed by atoms with Crippen LogP contribution in [0.15, 0.2) is 29.2 Å². The summed E-state index contributed by atoms with van der Waals surface area (Å²) in [5, 5.41) is 3.66. The Morgan fingerprint density at radius 2 is 2.22 bits per heavy atom. The molecule has 0 spiro atoms. The molecular weight excluding hydrogens is 242 g/mol. The standard InChI is InChI=1S/C15H23NOS/c1-12(2)17-10-5-9-16-14-8-11-18-15-7-4-3-6-13(14)15/h3-4,6-7,12,14,16H,5,8-11H2,1-2H3. The lowest BCUT2D eigenvalue weighted by Gasteiger charge is -2.26. The maximum Gasteiger partial charge on any atom is 0.0518 e. The highest BCUT2D eigenvalue weighted by molar-refractivity contribution is 7.99. The molecule has 3 heteroatoms. The summed E-state index contributed by atoms with van der Waals surface area (Å²) in [4.78, 5) is 1.44. The molecular formula is C15H23NOS. The van der Waals surface area contributed by atoms with E-state index >= 15 is 0 Å². The van der Waals surface area contributed by atoms with Gasteiger partial charge in [0.2, 0.25) is 0 Å². The van der Waals surface area contributed by atoms with Crippen LogP contribution in [-0.4, -0.2) is 25.0 Å². The van der Waals surface area contributed by atoms with Gasteiger partial charge in [-0.05, 0) is 50.6 Å². The lowest BCUT2D eigenvalue weighted by Crippen LogP contribution is -2.26. The topological polar surface area (TPSA) is 21.3 Å². The van der Waals surface area contributed by atoms with E-state index in [1.807, 2.05) is 11.8 Å². The zero-order valence-corrected chi connectivity index (χ0v) is 12.1. The number of ether oxygens (including phenoxy) is 1. The van der Waals surface area contributed by atoms with Crippen LogP contribution in [-0.2, 0) is 4.74 Å². The van der Waals surface area contributed by atoms with Crippen LogP contribution in [0.3, 0.4) is 0 Å². The minimum atomic E-state index is 0.344. The maximum absolute atomic E-state index is 5.56. The number of nitrogens with one attached hydrogen (secondary N) is 1. The van der Waals surface area contributed by atoms with E-state index in [2.05, 4.69) is 43.4 Å². The molecule has 18 heavy (non-hydrogen) atoms. The summed E-state index contributed by atoms with van der Waals surface area (Å²) < 4.78 is 5.56. The third-order valence-corrected chi connectivity index (χ3v) is 4.24. The van der Waals surface area contributed by atoms with E-state index in [4.69, 9.17) is 4.74 Å². The molecule has 2 nitrogen and oxygen atoms in total. The first-order chi connectivity index (χ1) is 8.77. The van der Waals surface area contributed by atoms with Crippen molar-refractivity contribution in [1.82, 2.24) is 5.32 Å². The summed E-state index contributed by atoms with van der Waals surface area (Å²) >= 11 is 1.98. The van der Waals surface area contributed by atoms with Gasteiger partial charge in [0.15, 0.2) is 0 Å². The van der Waals surface area contributed by atoms with Crippen LogP contribution < -0.4 is 5.32 Å². The van der Waals surface area contributed by atoms with Gasteiger partial charge in [0, 0.05) is 17.5 Å². The normalized spacial score (nSPS) is 18.9. The third-order valence-electron chi connectivity index (χ3n) is 3.12. The molecule has 0 saturated heterocycles.